The molecule has 1 aliphatic rings. The number of alkyl halides is 1. The predicted molar refractivity (Wildman–Crippen MR) is 95.8 cm³/mol. The van der Waals surface area contributed by atoms with Crippen LogP contribution in [0.4, 0.5) is 5.69 Å². The molecule has 1 saturated heterocycles. The van der Waals surface area contributed by atoms with Crippen LogP contribution in [0, 0.1) is 0 Å². The Hall–Kier alpha value is -1.72. The van der Waals surface area contributed by atoms with Gasteiger partial charge in [-0.15, -0.1) is 11.6 Å². The number of anilines is 1. The Morgan fingerprint density at radius 2 is 1.96 bits per heavy atom. The van der Waals surface area contributed by atoms with E-state index >= 15 is 0 Å². The molecule has 0 radical (unpaired) electrons. The molecule has 130 valence electrons. The molecule has 0 unspecified atom stereocenters. The van der Waals surface area contributed by atoms with Crippen molar-refractivity contribution >= 4 is 17.3 Å². The van der Waals surface area contributed by atoms with Crippen LogP contribution in [-0.2, 0) is 12.4 Å². The van der Waals surface area contributed by atoms with Crippen LogP contribution in [-0.4, -0.2) is 42.3 Å². The zero-order valence-corrected chi connectivity index (χ0v) is 15.0. The maximum Gasteiger partial charge on any atom is 0.151 e. The first-order valence-corrected chi connectivity index (χ1v) is 8.92. The Morgan fingerprint density at radius 1 is 1.21 bits per heavy atom. The first kappa shape index (κ1) is 17.1. The maximum absolute atomic E-state index is 5.95. The molecule has 24 heavy (non-hydrogen) atoms. The van der Waals surface area contributed by atoms with E-state index in [2.05, 4.69) is 40.9 Å². The Bertz CT molecular complexity index is 651. The summed E-state index contributed by atoms with van der Waals surface area (Å²) in [6.45, 7) is 8.79. The molecule has 0 aliphatic carbocycles. The fourth-order valence-electron chi connectivity index (χ4n) is 2.93. The highest BCUT2D eigenvalue weighted by Gasteiger charge is 2.21. The molecule has 0 atom stereocenters. The van der Waals surface area contributed by atoms with Gasteiger partial charge in [-0.2, -0.15) is 0 Å². The van der Waals surface area contributed by atoms with Crippen LogP contribution in [0.2, 0.25) is 0 Å². The molecule has 0 N–H and O–H groups in total. The van der Waals surface area contributed by atoms with E-state index in [4.69, 9.17) is 20.9 Å². The van der Waals surface area contributed by atoms with Crippen LogP contribution < -0.4 is 9.64 Å². The van der Waals surface area contributed by atoms with Crippen molar-refractivity contribution in [1.82, 2.24) is 10.1 Å². The third-order valence-electron chi connectivity index (χ3n) is 4.07. The lowest BCUT2D eigenvalue weighted by molar-refractivity contribution is 0.216. The minimum Gasteiger partial charge on any atom is -0.489 e. The second kappa shape index (κ2) is 7.90. The van der Waals surface area contributed by atoms with Crippen molar-refractivity contribution < 1.29 is 9.26 Å². The van der Waals surface area contributed by atoms with Crippen LogP contribution in [0.15, 0.2) is 34.9 Å². The molecule has 1 aliphatic heterocycles. The van der Waals surface area contributed by atoms with Crippen LogP contribution in [0.3, 0.4) is 0 Å². The van der Waals surface area contributed by atoms with Gasteiger partial charge in [0.15, 0.2) is 5.76 Å². The number of hydrogen-bond acceptors (Lipinski definition) is 5. The SMILES string of the molecule is CC(C)Oc1ccccc1N1CCN(Cc2cc(CCl)no2)CC1. The van der Waals surface area contributed by atoms with Gasteiger partial charge in [-0.25, -0.2) is 0 Å². The number of benzene rings is 1. The summed E-state index contributed by atoms with van der Waals surface area (Å²) in [5.74, 6) is 2.23. The summed E-state index contributed by atoms with van der Waals surface area (Å²) in [7, 11) is 0. The third-order valence-corrected chi connectivity index (χ3v) is 4.34. The number of piperazine rings is 1. The average molecular weight is 350 g/mol. The number of rotatable bonds is 6. The first-order valence-electron chi connectivity index (χ1n) is 8.39. The standard InChI is InChI=1S/C18H24ClN3O2/c1-14(2)23-18-6-4-3-5-17(18)22-9-7-21(8-10-22)13-16-11-15(12-19)20-24-16/h3-6,11,14H,7-10,12-13H2,1-2H3. The molecular formula is C18H24ClN3O2. The molecule has 2 heterocycles. The molecule has 6 heteroatoms. The molecule has 1 aromatic carbocycles. The minimum atomic E-state index is 0.176. The van der Waals surface area contributed by atoms with Gasteiger partial charge < -0.3 is 14.2 Å². The molecule has 0 spiro atoms. The van der Waals surface area contributed by atoms with Gasteiger partial charge in [-0.3, -0.25) is 4.90 Å². The van der Waals surface area contributed by atoms with Crippen molar-refractivity contribution in [2.75, 3.05) is 31.1 Å². The Balaban J connectivity index is 1.59. The van der Waals surface area contributed by atoms with Gasteiger partial charge in [0.05, 0.1) is 29.9 Å². The van der Waals surface area contributed by atoms with Crippen LogP contribution in [0.25, 0.3) is 0 Å². The van der Waals surface area contributed by atoms with Gasteiger partial charge in [0, 0.05) is 32.2 Å². The molecule has 5 nitrogen and oxygen atoms in total. The molecule has 0 bridgehead atoms. The zero-order valence-electron chi connectivity index (χ0n) is 14.2. The monoisotopic (exact) mass is 349 g/mol. The van der Waals surface area contributed by atoms with E-state index in [9.17, 15) is 0 Å². The number of aromatic nitrogens is 1. The fraction of sp³-hybridized carbons (Fsp3) is 0.500. The molecule has 2 aromatic rings. The maximum atomic E-state index is 5.95. The van der Waals surface area contributed by atoms with Crippen molar-refractivity contribution in [2.45, 2.75) is 32.4 Å². The van der Waals surface area contributed by atoms with E-state index in [1.54, 1.807) is 0 Å². The number of para-hydroxylation sites is 2. The second-order valence-electron chi connectivity index (χ2n) is 6.32. The van der Waals surface area contributed by atoms with Crippen molar-refractivity contribution in [1.29, 1.82) is 0 Å². The van der Waals surface area contributed by atoms with Crippen LogP contribution in [0.1, 0.15) is 25.3 Å². The smallest absolute Gasteiger partial charge is 0.151 e. The number of halogens is 1. The van der Waals surface area contributed by atoms with E-state index in [-0.39, 0.29) is 6.10 Å². The molecule has 0 saturated carbocycles. The minimum absolute atomic E-state index is 0.176. The van der Waals surface area contributed by atoms with Crippen molar-refractivity contribution in [3.05, 3.63) is 41.8 Å². The van der Waals surface area contributed by atoms with Gasteiger partial charge in [-0.1, -0.05) is 17.3 Å². The topological polar surface area (TPSA) is 41.7 Å². The number of hydrogen-bond donors (Lipinski definition) is 0. The Kier molecular flexibility index (Phi) is 5.63. The van der Waals surface area contributed by atoms with E-state index in [0.717, 1.165) is 49.9 Å². The second-order valence-corrected chi connectivity index (χ2v) is 6.58. The van der Waals surface area contributed by atoms with E-state index in [1.165, 1.54) is 5.69 Å². The zero-order chi connectivity index (χ0) is 16.9. The lowest BCUT2D eigenvalue weighted by Gasteiger charge is -2.36. The Morgan fingerprint density at radius 3 is 2.62 bits per heavy atom. The molecule has 1 aromatic heterocycles. The average Bonchev–Trinajstić information content (AvgIpc) is 3.03. The first-order chi connectivity index (χ1) is 11.7. The quantitative estimate of drug-likeness (QED) is 0.746. The normalized spacial score (nSPS) is 15.9. The predicted octanol–water partition coefficient (Wildman–Crippen LogP) is 3.52. The lowest BCUT2D eigenvalue weighted by Crippen LogP contribution is -2.46. The summed E-state index contributed by atoms with van der Waals surface area (Å²) in [5, 5.41) is 3.94. The summed E-state index contributed by atoms with van der Waals surface area (Å²) in [6.07, 6.45) is 0.176. The van der Waals surface area contributed by atoms with Crippen molar-refractivity contribution in [3.63, 3.8) is 0 Å². The number of ether oxygens (including phenoxy) is 1. The van der Waals surface area contributed by atoms with Crippen molar-refractivity contribution in [3.8, 4) is 5.75 Å². The Labute approximate surface area is 148 Å². The van der Waals surface area contributed by atoms with E-state index in [0.29, 0.717) is 5.88 Å². The lowest BCUT2D eigenvalue weighted by atomic mass is 10.2. The van der Waals surface area contributed by atoms with Gasteiger partial charge in [0.1, 0.15) is 5.75 Å². The van der Waals surface area contributed by atoms with Crippen molar-refractivity contribution in [2.24, 2.45) is 0 Å². The van der Waals surface area contributed by atoms with E-state index < -0.39 is 0 Å². The summed E-state index contributed by atoms with van der Waals surface area (Å²) >= 11 is 5.77. The summed E-state index contributed by atoms with van der Waals surface area (Å²) < 4.78 is 11.3. The van der Waals surface area contributed by atoms with Gasteiger partial charge in [-0.05, 0) is 26.0 Å². The van der Waals surface area contributed by atoms with Gasteiger partial charge >= 0.3 is 0 Å². The van der Waals surface area contributed by atoms with E-state index in [1.807, 2.05) is 18.2 Å². The molecule has 0 amide bonds. The highest BCUT2D eigenvalue weighted by molar-refractivity contribution is 6.16. The third kappa shape index (κ3) is 4.22. The highest BCUT2D eigenvalue weighted by atomic mass is 35.5. The van der Waals surface area contributed by atoms with Crippen LogP contribution >= 0.6 is 11.6 Å². The highest BCUT2D eigenvalue weighted by Crippen LogP contribution is 2.29. The largest absolute Gasteiger partial charge is 0.489 e. The number of nitrogens with zero attached hydrogens (tertiary/aromatic N) is 3. The molecule has 3 rings (SSSR count). The summed E-state index contributed by atoms with van der Waals surface area (Å²) in [4.78, 5) is 4.76. The molecule has 1 fully saturated rings. The summed E-state index contributed by atoms with van der Waals surface area (Å²) in [5.41, 5.74) is 1.97. The van der Waals surface area contributed by atoms with Crippen LogP contribution in [0.5, 0.6) is 5.75 Å². The fourth-order valence-corrected chi connectivity index (χ4v) is 3.06. The van der Waals surface area contributed by atoms with Gasteiger partial charge in [0.2, 0.25) is 0 Å². The molecular weight excluding hydrogens is 326 g/mol. The summed E-state index contributed by atoms with van der Waals surface area (Å²) in [6, 6.07) is 10.2. The van der Waals surface area contributed by atoms with Gasteiger partial charge in [0.25, 0.3) is 0 Å².